The average Bonchev–Trinajstić information content (AvgIpc) is 3.29. The van der Waals surface area contributed by atoms with E-state index in [1.54, 1.807) is 11.3 Å². The Balaban J connectivity index is 1.75. The van der Waals surface area contributed by atoms with Crippen molar-refractivity contribution in [3.05, 3.63) is 16.2 Å². The second kappa shape index (κ2) is 4.85. The normalized spacial score (nSPS) is 18.7. The molecule has 2 saturated carbocycles. The summed E-state index contributed by atoms with van der Waals surface area (Å²) in [5, 5.41) is 1.56. The Kier molecular flexibility index (Phi) is 3.11. The summed E-state index contributed by atoms with van der Waals surface area (Å²) in [6.07, 6.45) is 5.47. The predicted octanol–water partition coefficient (Wildman–Crippen LogP) is 4.28. The molecule has 5 heteroatoms. The molecule has 2 aromatic heterocycles. The minimum atomic E-state index is 0.381. The molecule has 0 aliphatic heterocycles. The van der Waals surface area contributed by atoms with E-state index in [9.17, 15) is 0 Å². The molecule has 0 atom stereocenters. The number of fused-ring (bicyclic) bond motifs is 1. The number of hydrogen-bond acceptors (Lipinski definition) is 4. The van der Waals surface area contributed by atoms with Gasteiger partial charge < -0.3 is 4.90 Å². The van der Waals surface area contributed by atoms with Crippen LogP contribution in [0.1, 0.15) is 30.6 Å². The van der Waals surface area contributed by atoms with Crippen LogP contribution in [0.3, 0.4) is 0 Å². The molecule has 4 rings (SSSR count). The fourth-order valence-corrected chi connectivity index (χ4v) is 3.80. The van der Waals surface area contributed by atoms with Gasteiger partial charge in [-0.1, -0.05) is 0 Å². The van der Waals surface area contributed by atoms with E-state index in [2.05, 4.69) is 27.9 Å². The maximum absolute atomic E-state index is 6.14. The van der Waals surface area contributed by atoms with Gasteiger partial charge in [0.1, 0.15) is 10.6 Å². The molecular weight excluding hydrogens is 290 g/mol. The molecule has 0 saturated heterocycles. The summed E-state index contributed by atoms with van der Waals surface area (Å²) in [6, 6.07) is 2.21. The molecule has 0 spiro atoms. The summed E-state index contributed by atoms with van der Waals surface area (Å²) in [4.78, 5) is 13.7. The van der Waals surface area contributed by atoms with Crippen molar-refractivity contribution in [3.8, 4) is 0 Å². The number of nitrogens with zero attached hydrogens (tertiary/aromatic N) is 3. The molecule has 3 nitrogen and oxygen atoms in total. The van der Waals surface area contributed by atoms with E-state index in [1.807, 2.05) is 0 Å². The van der Waals surface area contributed by atoms with Crippen LogP contribution in [0.2, 0.25) is 5.28 Å². The quantitative estimate of drug-likeness (QED) is 0.772. The van der Waals surface area contributed by atoms with Crippen LogP contribution in [0.4, 0.5) is 5.82 Å². The summed E-state index contributed by atoms with van der Waals surface area (Å²) >= 11 is 7.84. The van der Waals surface area contributed by atoms with Gasteiger partial charge in [0, 0.05) is 18.0 Å². The molecule has 2 aromatic rings. The Bertz CT molecular complexity index is 632. The molecule has 2 aliphatic carbocycles. The van der Waals surface area contributed by atoms with Gasteiger partial charge in [0.25, 0.3) is 0 Å². The highest BCUT2D eigenvalue weighted by molar-refractivity contribution is 7.18. The van der Waals surface area contributed by atoms with Gasteiger partial charge in [-0.3, -0.25) is 0 Å². The summed E-state index contributed by atoms with van der Waals surface area (Å²) < 4.78 is 0. The molecule has 2 heterocycles. The second-order valence-corrected chi connectivity index (χ2v) is 7.76. The predicted molar refractivity (Wildman–Crippen MR) is 84.8 cm³/mol. The van der Waals surface area contributed by atoms with Gasteiger partial charge >= 0.3 is 0 Å². The molecule has 2 fully saturated rings. The van der Waals surface area contributed by atoms with Crippen molar-refractivity contribution in [2.75, 3.05) is 18.0 Å². The Morgan fingerprint density at radius 2 is 1.85 bits per heavy atom. The third-order valence-electron chi connectivity index (χ3n) is 4.12. The lowest BCUT2D eigenvalue weighted by molar-refractivity contribution is 0.673. The minimum Gasteiger partial charge on any atom is -0.355 e. The van der Waals surface area contributed by atoms with Gasteiger partial charge in [-0.25, -0.2) is 4.98 Å². The number of rotatable bonds is 5. The molecule has 106 valence electrons. The number of anilines is 1. The zero-order chi connectivity index (χ0) is 13.7. The van der Waals surface area contributed by atoms with Crippen LogP contribution in [0.25, 0.3) is 10.2 Å². The van der Waals surface area contributed by atoms with Crippen LogP contribution in [-0.4, -0.2) is 23.1 Å². The number of halogens is 1. The van der Waals surface area contributed by atoms with Crippen molar-refractivity contribution in [3.63, 3.8) is 0 Å². The van der Waals surface area contributed by atoms with Crippen molar-refractivity contribution >= 4 is 39.0 Å². The number of thiophene rings is 1. The van der Waals surface area contributed by atoms with Crippen LogP contribution < -0.4 is 4.90 Å². The van der Waals surface area contributed by atoms with Gasteiger partial charge in [0.15, 0.2) is 0 Å². The third-order valence-corrected chi connectivity index (χ3v) is 5.23. The fourth-order valence-electron chi connectivity index (χ4n) is 2.71. The third kappa shape index (κ3) is 2.63. The maximum atomic E-state index is 6.14. The first-order chi connectivity index (χ1) is 9.69. The zero-order valence-electron chi connectivity index (χ0n) is 11.6. The molecule has 0 amide bonds. The first kappa shape index (κ1) is 12.8. The van der Waals surface area contributed by atoms with Crippen molar-refractivity contribution in [2.45, 2.75) is 32.6 Å². The van der Waals surface area contributed by atoms with Gasteiger partial charge in [-0.05, 0) is 62.1 Å². The summed E-state index contributed by atoms with van der Waals surface area (Å²) in [5.74, 6) is 2.78. The largest absolute Gasteiger partial charge is 0.355 e. The van der Waals surface area contributed by atoms with E-state index in [4.69, 9.17) is 11.6 Å². The number of aromatic nitrogens is 2. The van der Waals surface area contributed by atoms with E-state index < -0.39 is 0 Å². The second-order valence-electron chi connectivity index (χ2n) is 6.18. The lowest BCUT2D eigenvalue weighted by atomic mass is 10.2. The zero-order valence-corrected chi connectivity index (χ0v) is 13.2. The van der Waals surface area contributed by atoms with Crippen molar-refractivity contribution in [1.82, 2.24) is 9.97 Å². The maximum Gasteiger partial charge on any atom is 0.225 e. The highest BCUT2D eigenvalue weighted by atomic mass is 35.5. The summed E-state index contributed by atoms with van der Waals surface area (Å²) in [6.45, 7) is 4.39. The van der Waals surface area contributed by atoms with Crippen molar-refractivity contribution in [1.29, 1.82) is 0 Å². The molecular formula is C15H18ClN3S. The Morgan fingerprint density at radius 3 is 2.45 bits per heavy atom. The van der Waals surface area contributed by atoms with Crippen molar-refractivity contribution < 1.29 is 0 Å². The van der Waals surface area contributed by atoms with Crippen molar-refractivity contribution in [2.24, 2.45) is 11.8 Å². The smallest absolute Gasteiger partial charge is 0.225 e. The Labute approximate surface area is 128 Å². The first-order valence-electron chi connectivity index (χ1n) is 7.37. The summed E-state index contributed by atoms with van der Waals surface area (Å²) in [7, 11) is 0. The Morgan fingerprint density at radius 1 is 1.20 bits per heavy atom. The topological polar surface area (TPSA) is 29.0 Å². The van der Waals surface area contributed by atoms with E-state index in [1.165, 1.54) is 35.9 Å². The Hall–Kier alpha value is -0.870. The molecule has 2 aliphatic rings. The van der Waals surface area contributed by atoms with Gasteiger partial charge in [-0.15, -0.1) is 11.3 Å². The standard InChI is InChI=1S/C15H18ClN3S/c1-9-6-12-13(17-15(16)18-14(12)20-9)19(7-10-2-3-10)8-11-4-5-11/h6,10-11H,2-5,7-8H2,1H3. The molecule has 0 bridgehead atoms. The van der Waals surface area contributed by atoms with Gasteiger partial charge in [0.05, 0.1) is 5.39 Å². The minimum absolute atomic E-state index is 0.381. The summed E-state index contributed by atoms with van der Waals surface area (Å²) in [5.41, 5.74) is 0. The van der Waals surface area contributed by atoms with Crippen LogP contribution in [0.5, 0.6) is 0 Å². The lowest BCUT2D eigenvalue weighted by Crippen LogP contribution is -2.29. The monoisotopic (exact) mass is 307 g/mol. The van der Waals surface area contributed by atoms with Gasteiger partial charge in [0.2, 0.25) is 5.28 Å². The molecule has 20 heavy (non-hydrogen) atoms. The van der Waals surface area contributed by atoms with Crippen LogP contribution in [0.15, 0.2) is 6.07 Å². The lowest BCUT2D eigenvalue weighted by Gasteiger charge is -2.24. The molecule has 0 aromatic carbocycles. The first-order valence-corrected chi connectivity index (χ1v) is 8.57. The molecule has 0 N–H and O–H groups in total. The van der Waals surface area contributed by atoms with E-state index >= 15 is 0 Å². The van der Waals surface area contributed by atoms with E-state index in [0.29, 0.717) is 5.28 Å². The highest BCUT2D eigenvalue weighted by Gasteiger charge is 2.31. The molecule has 0 unspecified atom stereocenters. The number of aryl methyl sites for hydroxylation is 1. The average molecular weight is 308 g/mol. The molecule has 0 radical (unpaired) electrons. The van der Waals surface area contributed by atoms with Crippen LogP contribution in [-0.2, 0) is 0 Å². The van der Waals surface area contributed by atoms with E-state index in [-0.39, 0.29) is 0 Å². The van der Waals surface area contributed by atoms with Crippen LogP contribution >= 0.6 is 22.9 Å². The number of hydrogen-bond donors (Lipinski definition) is 0. The SMILES string of the molecule is Cc1cc2c(N(CC3CC3)CC3CC3)nc(Cl)nc2s1. The van der Waals surface area contributed by atoms with Gasteiger partial charge in [-0.2, -0.15) is 4.98 Å². The van der Waals surface area contributed by atoms with E-state index in [0.717, 1.165) is 35.6 Å². The fraction of sp³-hybridized carbons (Fsp3) is 0.600. The van der Waals surface area contributed by atoms with Crippen LogP contribution in [0, 0.1) is 18.8 Å². The highest BCUT2D eigenvalue weighted by Crippen LogP contribution is 2.38.